The molecule has 0 saturated heterocycles. The number of nitriles is 1. The van der Waals surface area contributed by atoms with Gasteiger partial charge < -0.3 is 20.3 Å². The molecule has 1 heterocycles. The van der Waals surface area contributed by atoms with Gasteiger partial charge in [-0.15, -0.1) is 6.58 Å². The van der Waals surface area contributed by atoms with Gasteiger partial charge in [-0.05, 0) is 44.5 Å². The van der Waals surface area contributed by atoms with E-state index in [2.05, 4.69) is 17.2 Å². The molecule has 162 valence electrons. The van der Waals surface area contributed by atoms with Crippen LogP contribution in [0, 0.1) is 31.0 Å². The van der Waals surface area contributed by atoms with E-state index in [0.717, 1.165) is 6.07 Å². The van der Waals surface area contributed by atoms with Crippen molar-refractivity contribution in [2.24, 2.45) is 7.05 Å². The van der Waals surface area contributed by atoms with Crippen LogP contribution in [0.1, 0.15) is 44.6 Å². The normalized spacial score (nSPS) is 12.4. The van der Waals surface area contributed by atoms with Gasteiger partial charge in [0.1, 0.15) is 17.6 Å². The van der Waals surface area contributed by atoms with Crippen molar-refractivity contribution in [1.82, 2.24) is 9.88 Å². The molecule has 0 aliphatic carbocycles. The van der Waals surface area contributed by atoms with Crippen molar-refractivity contribution >= 4 is 23.3 Å². The molecule has 2 aromatic rings. The molecule has 3 N–H and O–H groups in total. The Morgan fingerprint density at radius 3 is 2.55 bits per heavy atom. The molecule has 0 spiro atoms. The quantitative estimate of drug-likeness (QED) is 0.355. The zero-order valence-electron chi connectivity index (χ0n) is 17.7. The summed E-state index contributed by atoms with van der Waals surface area (Å²) in [5.41, 5.74) is -0.328. The number of anilines is 1. The molecule has 0 saturated carbocycles. The number of Topliss-reactive ketones (excluding diaryl/α,β-unsaturated/α-hetero) is 1. The summed E-state index contributed by atoms with van der Waals surface area (Å²) in [5.74, 6) is -3.11. The first-order valence-electron chi connectivity index (χ1n) is 9.27. The highest BCUT2D eigenvalue weighted by molar-refractivity contribution is 6.43. The van der Waals surface area contributed by atoms with Crippen LogP contribution in [-0.4, -0.2) is 39.4 Å². The van der Waals surface area contributed by atoms with Gasteiger partial charge in [-0.1, -0.05) is 6.08 Å². The molecule has 2 rings (SSSR count). The van der Waals surface area contributed by atoms with Crippen molar-refractivity contribution < 1.29 is 23.9 Å². The van der Waals surface area contributed by atoms with Crippen molar-refractivity contribution in [3.8, 4) is 6.07 Å². The molecule has 0 radical (unpaired) electrons. The van der Waals surface area contributed by atoms with Crippen LogP contribution in [0.3, 0.4) is 0 Å². The van der Waals surface area contributed by atoms with Crippen LogP contribution in [0.5, 0.6) is 0 Å². The maximum absolute atomic E-state index is 13.5. The number of rotatable bonds is 7. The van der Waals surface area contributed by atoms with Crippen molar-refractivity contribution in [3.05, 3.63) is 64.7 Å². The maximum Gasteiger partial charge on any atom is 0.293 e. The summed E-state index contributed by atoms with van der Waals surface area (Å²) in [5, 5.41) is 23.4. The summed E-state index contributed by atoms with van der Waals surface area (Å²) >= 11 is 0. The number of nitrogens with one attached hydrogen (secondary N) is 2. The summed E-state index contributed by atoms with van der Waals surface area (Å²) < 4.78 is 15.0. The van der Waals surface area contributed by atoms with E-state index in [9.17, 15) is 23.9 Å². The van der Waals surface area contributed by atoms with E-state index in [4.69, 9.17) is 5.26 Å². The van der Waals surface area contributed by atoms with Gasteiger partial charge in [0.15, 0.2) is 0 Å². The van der Waals surface area contributed by atoms with E-state index in [1.54, 1.807) is 20.0 Å². The summed E-state index contributed by atoms with van der Waals surface area (Å²) in [7, 11) is 1.57. The SMILES string of the molecule is C=CC(C)(CO)NC(=O)C(=O)c1c(C)c(C(=O)Nc2ccc(F)c(C#N)c2)n(C)c1C. The molecule has 1 aromatic carbocycles. The van der Waals surface area contributed by atoms with Gasteiger partial charge in [-0.25, -0.2) is 4.39 Å². The summed E-state index contributed by atoms with van der Waals surface area (Å²) in [6.07, 6.45) is 1.32. The molecular formula is C22H23FN4O4. The Kier molecular flexibility index (Phi) is 6.78. The third-order valence-electron chi connectivity index (χ3n) is 5.10. The molecule has 1 unspecified atom stereocenters. The largest absolute Gasteiger partial charge is 0.394 e. The molecule has 0 aliphatic heterocycles. The lowest BCUT2D eigenvalue weighted by Crippen LogP contribution is -2.49. The average molecular weight is 426 g/mol. The first-order chi connectivity index (χ1) is 14.5. The second-order valence-corrected chi connectivity index (χ2v) is 7.32. The Hall–Kier alpha value is -3.77. The Labute approximate surface area is 179 Å². The molecular weight excluding hydrogens is 403 g/mol. The number of aliphatic hydroxyl groups excluding tert-OH is 1. The van der Waals surface area contributed by atoms with Gasteiger partial charge in [-0.2, -0.15) is 5.26 Å². The van der Waals surface area contributed by atoms with E-state index >= 15 is 0 Å². The van der Waals surface area contributed by atoms with Crippen LogP contribution in [-0.2, 0) is 11.8 Å². The Balaban J connectivity index is 2.38. The first-order valence-corrected chi connectivity index (χ1v) is 9.27. The van der Waals surface area contributed by atoms with E-state index in [-0.39, 0.29) is 28.1 Å². The number of benzene rings is 1. The Morgan fingerprint density at radius 1 is 1.35 bits per heavy atom. The number of aromatic nitrogens is 1. The van der Waals surface area contributed by atoms with Crippen LogP contribution >= 0.6 is 0 Å². The van der Waals surface area contributed by atoms with Gasteiger partial charge in [0.05, 0.1) is 23.3 Å². The van der Waals surface area contributed by atoms with Crippen molar-refractivity contribution in [1.29, 1.82) is 5.26 Å². The van der Waals surface area contributed by atoms with Crippen LogP contribution in [0.15, 0.2) is 30.9 Å². The standard InChI is InChI=1S/C22H23FN4O4/c1-6-22(4,11-28)26-21(31)19(29)17-12(2)18(27(5)13(17)3)20(30)25-15-7-8-16(23)14(9-15)10-24/h6-9,28H,1,11H2,2-5H3,(H,25,30)(H,26,31). The van der Waals surface area contributed by atoms with Crippen LogP contribution in [0.2, 0.25) is 0 Å². The number of halogens is 1. The molecule has 0 aliphatic rings. The lowest BCUT2D eigenvalue weighted by molar-refractivity contribution is -0.118. The van der Waals surface area contributed by atoms with E-state index in [1.807, 2.05) is 0 Å². The fraction of sp³-hybridized carbons (Fsp3) is 0.273. The Bertz CT molecular complexity index is 1130. The van der Waals surface area contributed by atoms with Crippen LogP contribution < -0.4 is 10.6 Å². The van der Waals surface area contributed by atoms with Gasteiger partial charge >= 0.3 is 0 Å². The summed E-state index contributed by atoms with van der Waals surface area (Å²) in [6.45, 7) is 7.72. The zero-order valence-corrected chi connectivity index (χ0v) is 17.7. The maximum atomic E-state index is 13.5. The number of hydrogen-bond acceptors (Lipinski definition) is 5. The number of carbonyl (C=O) groups excluding carboxylic acids is 3. The van der Waals surface area contributed by atoms with Gasteiger partial charge in [0, 0.05) is 18.4 Å². The minimum atomic E-state index is -1.18. The number of amides is 2. The monoisotopic (exact) mass is 426 g/mol. The topological polar surface area (TPSA) is 124 Å². The number of ketones is 1. The third kappa shape index (κ3) is 4.54. The first kappa shape index (κ1) is 23.5. The number of aliphatic hydroxyl groups is 1. The molecule has 8 nitrogen and oxygen atoms in total. The second-order valence-electron chi connectivity index (χ2n) is 7.32. The smallest absolute Gasteiger partial charge is 0.293 e. The van der Waals surface area contributed by atoms with Crippen molar-refractivity contribution in [3.63, 3.8) is 0 Å². The minimum Gasteiger partial charge on any atom is -0.394 e. The lowest BCUT2D eigenvalue weighted by atomic mass is 10.0. The van der Waals surface area contributed by atoms with E-state index < -0.39 is 35.6 Å². The molecule has 2 amide bonds. The average Bonchev–Trinajstić information content (AvgIpc) is 2.96. The molecule has 9 heteroatoms. The summed E-state index contributed by atoms with van der Waals surface area (Å²) in [4.78, 5) is 38.1. The van der Waals surface area contributed by atoms with Crippen molar-refractivity contribution in [2.45, 2.75) is 26.3 Å². The number of carbonyl (C=O) groups is 3. The summed E-state index contributed by atoms with van der Waals surface area (Å²) in [6, 6.07) is 5.27. The highest BCUT2D eigenvalue weighted by atomic mass is 19.1. The minimum absolute atomic E-state index is 0.0614. The fourth-order valence-electron chi connectivity index (χ4n) is 3.10. The van der Waals surface area contributed by atoms with E-state index in [1.165, 1.54) is 36.6 Å². The van der Waals surface area contributed by atoms with Crippen LogP contribution in [0.4, 0.5) is 10.1 Å². The van der Waals surface area contributed by atoms with Crippen molar-refractivity contribution in [2.75, 3.05) is 11.9 Å². The molecule has 1 atom stereocenters. The lowest BCUT2D eigenvalue weighted by Gasteiger charge is -2.24. The van der Waals surface area contributed by atoms with Crippen LogP contribution in [0.25, 0.3) is 0 Å². The molecule has 0 bridgehead atoms. The predicted octanol–water partition coefficient (Wildman–Crippen LogP) is 2.14. The Morgan fingerprint density at radius 2 is 2.00 bits per heavy atom. The molecule has 1 aromatic heterocycles. The molecule has 0 fully saturated rings. The highest BCUT2D eigenvalue weighted by Crippen LogP contribution is 2.24. The van der Waals surface area contributed by atoms with Gasteiger partial charge in [0.25, 0.3) is 17.6 Å². The highest BCUT2D eigenvalue weighted by Gasteiger charge is 2.31. The number of nitrogens with zero attached hydrogens (tertiary/aromatic N) is 2. The fourth-order valence-corrected chi connectivity index (χ4v) is 3.10. The zero-order chi connectivity index (χ0) is 23.5. The predicted molar refractivity (Wildman–Crippen MR) is 112 cm³/mol. The van der Waals surface area contributed by atoms with E-state index in [0.29, 0.717) is 5.69 Å². The molecule has 31 heavy (non-hydrogen) atoms. The third-order valence-corrected chi connectivity index (χ3v) is 5.10. The number of hydrogen-bond donors (Lipinski definition) is 3. The van der Waals surface area contributed by atoms with Gasteiger partial charge in [0.2, 0.25) is 0 Å². The van der Waals surface area contributed by atoms with Gasteiger partial charge in [-0.3, -0.25) is 14.4 Å². The second kappa shape index (κ2) is 8.93.